The zero-order valence-corrected chi connectivity index (χ0v) is 21.2. The molecule has 1 amide bonds. The monoisotopic (exact) mass is 495 g/mol. The number of hydrogen-bond acceptors (Lipinski definition) is 7. The summed E-state index contributed by atoms with van der Waals surface area (Å²) in [5.74, 6) is 1.44. The van der Waals surface area contributed by atoms with Crippen molar-refractivity contribution in [2.75, 3.05) is 5.32 Å². The van der Waals surface area contributed by atoms with Gasteiger partial charge in [-0.3, -0.25) is 4.79 Å². The highest BCUT2D eigenvalue weighted by Gasteiger charge is 2.21. The van der Waals surface area contributed by atoms with Gasteiger partial charge in [0.1, 0.15) is 5.82 Å². The largest absolute Gasteiger partial charge is 0.301 e. The number of carbonyl (C=O) groups excluding carboxylic acids is 1. The molecule has 1 N–H and O–H groups in total. The minimum atomic E-state index is -0.357. The molecular formula is C24H25N5OS3. The fraction of sp³-hybridized carbons (Fsp3) is 0.250. The van der Waals surface area contributed by atoms with Crippen LogP contribution in [0.5, 0.6) is 0 Å². The highest BCUT2D eigenvalue weighted by atomic mass is 32.2. The standard InChI is InChI=1S/C24H25N5OS3/c1-5-12-29-21(14-31-18-9-6-15(2)7-10-18)27-28-24(29)32-17(4)22(30)26-23-25-19-11-8-16(3)13-20(19)33-23/h5-11,13,17H,1,12,14H2,2-4H3,(H,25,26,30). The molecule has 0 bridgehead atoms. The van der Waals surface area contributed by atoms with Crippen molar-refractivity contribution in [1.29, 1.82) is 0 Å². The summed E-state index contributed by atoms with van der Waals surface area (Å²) < 4.78 is 3.08. The Hall–Kier alpha value is -2.62. The fourth-order valence-corrected chi connectivity index (χ4v) is 5.79. The molecule has 0 radical (unpaired) electrons. The van der Waals surface area contributed by atoms with Gasteiger partial charge in [0.15, 0.2) is 10.3 Å². The second kappa shape index (κ2) is 10.5. The number of hydrogen-bond donors (Lipinski definition) is 1. The maximum Gasteiger partial charge on any atom is 0.239 e. The lowest BCUT2D eigenvalue weighted by Crippen LogP contribution is -2.22. The average molecular weight is 496 g/mol. The lowest BCUT2D eigenvalue weighted by Gasteiger charge is -2.12. The van der Waals surface area contributed by atoms with Gasteiger partial charge in [-0.1, -0.05) is 52.9 Å². The summed E-state index contributed by atoms with van der Waals surface area (Å²) in [6.07, 6.45) is 1.82. The number of aryl methyl sites for hydroxylation is 2. The molecule has 2 heterocycles. The summed E-state index contributed by atoms with van der Waals surface area (Å²) in [6, 6.07) is 14.5. The molecule has 2 aromatic carbocycles. The third kappa shape index (κ3) is 5.85. The SMILES string of the molecule is C=CCn1c(CSc2ccc(C)cc2)nnc1SC(C)C(=O)Nc1nc2ccc(C)cc2s1. The van der Waals surface area contributed by atoms with Gasteiger partial charge in [0.25, 0.3) is 0 Å². The van der Waals surface area contributed by atoms with Gasteiger partial charge in [-0.05, 0) is 50.6 Å². The van der Waals surface area contributed by atoms with Crippen molar-refractivity contribution in [2.45, 2.75) is 48.4 Å². The molecule has 0 saturated heterocycles. The predicted molar refractivity (Wildman–Crippen MR) is 139 cm³/mol. The van der Waals surface area contributed by atoms with Crippen LogP contribution in [0.3, 0.4) is 0 Å². The molecule has 9 heteroatoms. The Kier molecular flexibility index (Phi) is 7.52. The van der Waals surface area contributed by atoms with Crippen LogP contribution in [-0.2, 0) is 17.1 Å². The molecule has 2 aromatic heterocycles. The van der Waals surface area contributed by atoms with Crippen LogP contribution in [-0.4, -0.2) is 30.9 Å². The van der Waals surface area contributed by atoms with Gasteiger partial charge in [-0.25, -0.2) is 4.98 Å². The highest BCUT2D eigenvalue weighted by molar-refractivity contribution is 8.00. The third-order valence-corrected chi connectivity index (χ3v) is 7.94. The number of benzene rings is 2. The minimum Gasteiger partial charge on any atom is -0.301 e. The average Bonchev–Trinajstić information content (AvgIpc) is 3.36. The Labute approximate surface area is 205 Å². The van der Waals surface area contributed by atoms with E-state index in [4.69, 9.17) is 0 Å². The number of allylic oxidation sites excluding steroid dienone is 1. The summed E-state index contributed by atoms with van der Waals surface area (Å²) in [4.78, 5) is 18.5. The van der Waals surface area contributed by atoms with Crippen molar-refractivity contribution in [1.82, 2.24) is 19.7 Å². The van der Waals surface area contributed by atoms with Crippen molar-refractivity contribution in [3.8, 4) is 0 Å². The number of nitrogens with one attached hydrogen (secondary N) is 1. The number of rotatable bonds is 9. The lowest BCUT2D eigenvalue weighted by molar-refractivity contribution is -0.115. The molecule has 1 atom stereocenters. The first-order chi connectivity index (χ1) is 15.9. The molecule has 0 aliphatic carbocycles. The van der Waals surface area contributed by atoms with Crippen LogP contribution in [0.15, 0.2) is 65.2 Å². The van der Waals surface area contributed by atoms with Crippen LogP contribution in [0.4, 0.5) is 5.13 Å². The smallest absolute Gasteiger partial charge is 0.239 e. The number of nitrogens with zero attached hydrogens (tertiary/aromatic N) is 4. The first-order valence-corrected chi connectivity index (χ1v) is 13.2. The van der Waals surface area contributed by atoms with E-state index in [1.807, 2.05) is 36.6 Å². The predicted octanol–water partition coefficient (Wildman–Crippen LogP) is 6.10. The zero-order chi connectivity index (χ0) is 23.4. The summed E-state index contributed by atoms with van der Waals surface area (Å²) in [5, 5.41) is 12.6. The topological polar surface area (TPSA) is 72.7 Å². The van der Waals surface area contributed by atoms with Crippen molar-refractivity contribution in [3.05, 3.63) is 72.1 Å². The molecule has 0 aliphatic heterocycles. The van der Waals surface area contributed by atoms with E-state index < -0.39 is 0 Å². The van der Waals surface area contributed by atoms with Crippen LogP contribution >= 0.6 is 34.9 Å². The molecule has 0 saturated carbocycles. The maximum absolute atomic E-state index is 12.8. The maximum atomic E-state index is 12.8. The minimum absolute atomic E-state index is 0.112. The van der Waals surface area contributed by atoms with Gasteiger partial charge in [0.05, 0.1) is 21.2 Å². The second-order valence-corrected chi connectivity index (χ2v) is 11.0. The first-order valence-electron chi connectivity index (χ1n) is 10.5. The van der Waals surface area contributed by atoms with Crippen molar-refractivity contribution >= 4 is 56.1 Å². The molecule has 1 unspecified atom stereocenters. The fourth-order valence-electron chi connectivity index (χ4n) is 3.11. The second-order valence-electron chi connectivity index (χ2n) is 7.64. The van der Waals surface area contributed by atoms with E-state index in [2.05, 4.69) is 64.3 Å². The lowest BCUT2D eigenvalue weighted by atomic mass is 10.2. The number of thioether (sulfide) groups is 2. The molecule has 33 heavy (non-hydrogen) atoms. The first kappa shape index (κ1) is 23.5. The zero-order valence-electron chi connectivity index (χ0n) is 18.7. The van der Waals surface area contributed by atoms with E-state index >= 15 is 0 Å². The molecule has 4 rings (SSSR count). The third-order valence-electron chi connectivity index (χ3n) is 4.92. The molecule has 4 aromatic rings. The number of amides is 1. The summed E-state index contributed by atoms with van der Waals surface area (Å²) >= 11 is 4.58. The van der Waals surface area contributed by atoms with Crippen LogP contribution in [0.1, 0.15) is 23.9 Å². The molecule has 6 nitrogen and oxygen atoms in total. The summed E-state index contributed by atoms with van der Waals surface area (Å²) in [5.41, 5.74) is 3.30. The van der Waals surface area contributed by atoms with E-state index in [0.29, 0.717) is 22.6 Å². The molecule has 0 fully saturated rings. The van der Waals surface area contributed by atoms with Gasteiger partial charge >= 0.3 is 0 Å². The van der Waals surface area contributed by atoms with Crippen LogP contribution in [0, 0.1) is 13.8 Å². The van der Waals surface area contributed by atoms with Crippen LogP contribution in [0.2, 0.25) is 0 Å². The van der Waals surface area contributed by atoms with Gasteiger partial charge < -0.3 is 9.88 Å². The van der Waals surface area contributed by atoms with Crippen molar-refractivity contribution in [3.63, 3.8) is 0 Å². The summed E-state index contributed by atoms with van der Waals surface area (Å²) in [6.45, 7) is 10.4. The number of aromatic nitrogens is 4. The number of thiazole rings is 1. The summed E-state index contributed by atoms with van der Waals surface area (Å²) in [7, 11) is 0. The van der Waals surface area contributed by atoms with E-state index in [9.17, 15) is 4.79 Å². The number of anilines is 1. The van der Waals surface area contributed by atoms with E-state index in [1.54, 1.807) is 11.8 Å². The highest BCUT2D eigenvalue weighted by Crippen LogP contribution is 2.29. The Bertz CT molecular complexity index is 1280. The van der Waals surface area contributed by atoms with E-state index in [1.165, 1.54) is 39.1 Å². The van der Waals surface area contributed by atoms with Crippen molar-refractivity contribution < 1.29 is 4.79 Å². The Morgan fingerprint density at radius 3 is 2.70 bits per heavy atom. The molecule has 170 valence electrons. The molecule has 0 spiro atoms. The Balaban J connectivity index is 1.42. The van der Waals surface area contributed by atoms with Crippen LogP contribution in [0.25, 0.3) is 10.2 Å². The quantitative estimate of drug-likeness (QED) is 0.223. The molecule has 0 aliphatic rings. The van der Waals surface area contributed by atoms with Crippen molar-refractivity contribution in [2.24, 2.45) is 0 Å². The van der Waals surface area contributed by atoms with Gasteiger partial charge in [-0.15, -0.1) is 28.5 Å². The number of carbonyl (C=O) groups is 1. The normalized spacial score (nSPS) is 12.1. The Morgan fingerprint density at radius 1 is 1.18 bits per heavy atom. The van der Waals surface area contributed by atoms with E-state index in [0.717, 1.165) is 16.0 Å². The Morgan fingerprint density at radius 2 is 1.94 bits per heavy atom. The van der Waals surface area contributed by atoms with Gasteiger partial charge in [0.2, 0.25) is 5.91 Å². The van der Waals surface area contributed by atoms with Crippen LogP contribution < -0.4 is 5.32 Å². The molecular weight excluding hydrogens is 470 g/mol. The number of fused-ring (bicyclic) bond motifs is 1. The van der Waals surface area contributed by atoms with E-state index in [-0.39, 0.29) is 11.2 Å². The van der Waals surface area contributed by atoms with Gasteiger partial charge in [-0.2, -0.15) is 0 Å². The van der Waals surface area contributed by atoms with Gasteiger partial charge in [0, 0.05) is 11.4 Å².